The van der Waals surface area contributed by atoms with Gasteiger partial charge >= 0.3 is 0 Å². The van der Waals surface area contributed by atoms with E-state index in [1.807, 2.05) is 18.4 Å². The summed E-state index contributed by atoms with van der Waals surface area (Å²) < 4.78 is 2.02. The summed E-state index contributed by atoms with van der Waals surface area (Å²) in [6, 6.07) is 0. The molecule has 0 atom stereocenters. The molecule has 0 amide bonds. The molecule has 0 saturated heterocycles. The minimum absolute atomic E-state index is 0.0425. The molecule has 0 radical (unpaired) electrons. The quantitative estimate of drug-likeness (QED) is 0.630. The first-order chi connectivity index (χ1) is 7.41. The van der Waals surface area contributed by atoms with Crippen LogP contribution in [-0.2, 0) is 6.54 Å². The molecule has 3 nitrogen and oxygen atoms in total. The van der Waals surface area contributed by atoms with Crippen LogP contribution in [0.25, 0.3) is 0 Å². The molecule has 1 aromatic heterocycles. The van der Waals surface area contributed by atoms with Crippen molar-refractivity contribution in [3.05, 3.63) is 22.5 Å². The van der Waals surface area contributed by atoms with Gasteiger partial charge in [-0.05, 0) is 27.7 Å². The van der Waals surface area contributed by atoms with Crippen LogP contribution >= 0.6 is 15.9 Å². The van der Waals surface area contributed by atoms with Gasteiger partial charge in [0.15, 0.2) is 11.6 Å². The van der Waals surface area contributed by atoms with E-state index in [0.29, 0.717) is 11.1 Å². The predicted molar refractivity (Wildman–Crippen MR) is 67.7 cm³/mol. The first-order valence-electron chi connectivity index (χ1n) is 5.19. The van der Waals surface area contributed by atoms with E-state index >= 15 is 0 Å². The van der Waals surface area contributed by atoms with E-state index in [9.17, 15) is 9.59 Å². The number of ketones is 2. The summed E-state index contributed by atoms with van der Waals surface area (Å²) in [6.07, 6.45) is 0. The van der Waals surface area contributed by atoms with E-state index in [4.69, 9.17) is 0 Å². The second-order valence-electron chi connectivity index (χ2n) is 3.87. The molecule has 0 bridgehead atoms. The maximum Gasteiger partial charge on any atom is 0.162 e. The summed E-state index contributed by atoms with van der Waals surface area (Å²) in [6.45, 7) is 7.56. The van der Waals surface area contributed by atoms with E-state index in [2.05, 4.69) is 15.9 Å². The smallest absolute Gasteiger partial charge is 0.162 e. The Kier molecular flexibility index (Phi) is 4.08. The lowest BCUT2D eigenvalue weighted by atomic mass is 10.0. The number of nitrogens with zero attached hydrogens (tertiary/aromatic N) is 1. The van der Waals surface area contributed by atoms with Gasteiger partial charge in [0.25, 0.3) is 0 Å². The molecule has 88 valence electrons. The van der Waals surface area contributed by atoms with Gasteiger partial charge in [-0.3, -0.25) is 9.59 Å². The molecule has 0 spiro atoms. The van der Waals surface area contributed by atoms with Gasteiger partial charge in [-0.15, -0.1) is 0 Å². The van der Waals surface area contributed by atoms with Crippen LogP contribution in [0.5, 0.6) is 0 Å². The Morgan fingerprint density at radius 1 is 1.06 bits per heavy atom. The zero-order valence-corrected chi connectivity index (χ0v) is 11.6. The molecule has 0 aliphatic carbocycles. The third kappa shape index (κ3) is 2.12. The number of hydrogen-bond acceptors (Lipinski definition) is 2. The molecule has 0 aliphatic heterocycles. The van der Waals surface area contributed by atoms with Crippen molar-refractivity contribution >= 4 is 27.5 Å². The molecule has 0 aromatic carbocycles. The maximum absolute atomic E-state index is 11.6. The first-order valence-corrected chi connectivity index (χ1v) is 6.31. The Hall–Kier alpha value is -0.900. The van der Waals surface area contributed by atoms with Crippen LogP contribution in [0.1, 0.15) is 46.0 Å². The lowest BCUT2D eigenvalue weighted by Crippen LogP contribution is -2.04. The van der Waals surface area contributed by atoms with Crippen LogP contribution in [0.15, 0.2) is 0 Å². The van der Waals surface area contributed by atoms with Gasteiger partial charge in [-0.25, -0.2) is 0 Å². The number of halogens is 1. The third-order valence-electron chi connectivity index (χ3n) is 2.80. The molecule has 0 saturated carbocycles. The molecule has 0 fully saturated rings. The molecule has 4 heteroatoms. The fourth-order valence-corrected chi connectivity index (χ4v) is 2.52. The number of rotatable bonds is 4. The summed E-state index contributed by atoms with van der Waals surface area (Å²) in [5, 5.41) is 0.804. The number of carbonyl (C=O) groups excluding carboxylic acids is 2. The Bertz CT molecular complexity index is 409. The van der Waals surface area contributed by atoms with Crippen molar-refractivity contribution in [2.75, 3.05) is 5.33 Å². The normalized spacial score (nSPS) is 10.6. The average Bonchev–Trinajstić information content (AvgIpc) is 2.42. The van der Waals surface area contributed by atoms with Crippen molar-refractivity contribution in [1.29, 1.82) is 0 Å². The molecular formula is C12H16BrNO2. The Morgan fingerprint density at radius 3 is 1.69 bits per heavy atom. The fraction of sp³-hybridized carbons (Fsp3) is 0.500. The van der Waals surface area contributed by atoms with Gasteiger partial charge in [0.2, 0.25) is 0 Å². The van der Waals surface area contributed by atoms with Crippen LogP contribution in [-0.4, -0.2) is 21.5 Å². The van der Waals surface area contributed by atoms with Crippen molar-refractivity contribution in [2.45, 2.75) is 34.2 Å². The highest BCUT2D eigenvalue weighted by atomic mass is 79.9. The Labute approximate surface area is 104 Å². The number of Topliss-reactive ketones (excluding diaryl/α,β-unsaturated/α-hetero) is 2. The largest absolute Gasteiger partial charge is 0.347 e. The summed E-state index contributed by atoms with van der Waals surface area (Å²) in [4.78, 5) is 23.2. The molecule has 16 heavy (non-hydrogen) atoms. The lowest BCUT2D eigenvalue weighted by Gasteiger charge is -2.06. The van der Waals surface area contributed by atoms with Gasteiger partial charge in [-0.2, -0.15) is 0 Å². The van der Waals surface area contributed by atoms with E-state index in [1.165, 1.54) is 13.8 Å². The maximum atomic E-state index is 11.6. The molecule has 0 unspecified atom stereocenters. The van der Waals surface area contributed by atoms with E-state index in [0.717, 1.165) is 23.3 Å². The number of hydrogen-bond donors (Lipinski definition) is 0. The second kappa shape index (κ2) is 4.95. The molecule has 1 rings (SSSR count). The van der Waals surface area contributed by atoms with Crippen molar-refractivity contribution < 1.29 is 9.59 Å². The van der Waals surface area contributed by atoms with Crippen LogP contribution in [0.4, 0.5) is 0 Å². The molecule has 0 N–H and O–H groups in total. The standard InChI is InChI=1S/C12H16BrNO2/c1-7-11(9(3)15)12(10(4)16)8(2)14(7)6-5-13/h5-6H2,1-4H3. The fourth-order valence-electron chi connectivity index (χ4n) is 2.16. The number of alkyl halides is 1. The average molecular weight is 286 g/mol. The third-order valence-corrected chi connectivity index (χ3v) is 3.15. The highest BCUT2D eigenvalue weighted by Gasteiger charge is 2.22. The van der Waals surface area contributed by atoms with Crippen LogP contribution in [0.3, 0.4) is 0 Å². The summed E-state index contributed by atoms with van der Waals surface area (Å²) in [5.41, 5.74) is 2.92. The SMILES string of the molecule is CC(=O)c1c(C(C)=O)c(C)n(CCBr)c1C. The highest BCUT2D eigenvalue weighted by molar-refractivity contribution is 9.09. The predicted octanol–water partition coefficient (Wildman–Crippen LogP) is 2.91. The summed E-state index contributed by atoms with van der Waals surface area (Å²) >= 11 is 3.37. The number of carbonyl (C=O) groups is 2. The second-order valence-corrected chi connectivity index (χ2v) is 4.67. The zero-order valence-electron chi connectivity index (χ0n) is 10.1. The van der Waals surface area contributed by atoms with Gasteiger partial charge in [0.05, 0.1) is 0 Å². The topological polar surface area (TPSA) is 39.1 Å². The van der Waals surface area contributed by atoms with Crippen LogP contribution in [0.2, 0.25) is 0 Å². The monoisotopic (exact) mass is 285 g/mol. The highest BCUT2D eigenvalue weighted by Crippen LogP contribution is 2.23. The Morgan fingerprint density at radius 2 is 1.44 bits per heavy atom. The van der Waals surface area contributed by atoms with Crippen LogP contribution in [0, 0.1) is 13.8 Å². The van der Waals surface area contributed by atoms with Crippen molar-refractivity contribution in [2.24, 2.45) is 0 Å². The molecule has 1 heterocycles. The van der Waals surface area contributed by atoms with Crippen molar-refractivity contribution in [1.82, 2.24) is 4.57 Å². The summed E-state index contributed by atoms with van der Waals surface area (Å²) in [7, 11) is 0. The van der Waals surface area contributed by atoms with Gasteiger partial charge in [0.1, 0.15) is 0 Å². The summed E-state index contributed by atoms with van der Waals surface area (Å²) in [5.74, 6) is -0.0850. The van der Waals surface area contributed by atoms with Crippen LogP contribution < -0.4 is 0 Å². The molecule has 0 aliphatic rings. The van der Waals surface area contributed by atoms with Crippen molar-refractivity contribution in [3.63, 3.8) is 0 Å². The van der Waals surface area contributed by atoms with E-state index < -0.39 is 0 Å². The minimum atomic E-state index is -0.0425. The molecular weight excluding hydrogens is 270 g/mol. The lowest BCUT2D eigenvalue weighted by molar-refractivity contribution is 0.0981. The zero-order chi connectivity index (χ0) is 12.5. The minimum Gasteiger partial charge on any atom is -0.347 e. The van der Waals surface area contributed by atoms with Crippen molar-refractivity contribution in [3.8, 4) is 0 Å². The van der Waals surface area contributed by atoms with Gasteiger partial charge in [-0.1, -0.05) is 15.9 Å². The van der Waals surface area contributed by atoms with E-state index in [1.54, 1.807) is 0 Å². The van der Waals surface area contributed by atoms with Gasteiger partial charge < -0.3 is 4.57 Å². The number of aromatic nitrogens is 1. The Balaban J connectivity index is 3.52. The van der Waals surface area contributed by atoms with Gasteiger partial charge in [0, 0.05) is 34.4 Å². The van der Waals surface area contributed by atoms with E-state index in [-0.39, 0.29) is 11.6 Å². The molecule has 1 aromatic rings. The first kappa shape index (κ1) is 13.2.